The molecule has 2 amide bonds. The average molecular weight is 314 g/mol. The molecule has 2 rings (SSSR count). The van der Waals surface area contributed by atoms with Gasteiger partial charge in [0.15, 0.2) is 0 Å². The van der Waals surface area contributed by atoms with E-state index in [1.807, 2.05) is 42.5 Å². The first-order valence-corrected chi connectivity index (χ1v) is 7.48. The maximum absolute atomic E-state index is 12.2. The molecule has 0 aromatic heterocycles. The number of benzene rings is 2. The van der Waals surface area contributed by atoms with Gasteiger partial charge in [0.25, 0.3) is 0 Å². The summed E-state index contributed by atoms with van der Waals surface area (Å²) in [5.74, 6) is -0.269. The molecule has 5 nitrogen and oxygen atoms in total. The van der Waals surface area contributed by atoms with E-state index in [2.05, 4.69) is 5.32 Å². The van der Waals surface area contributed by atoms with Crippen molar-refractivity contribution in [2.24, 2.45) is 0 Å². The molecule has 23 heavy (non-hydrogen) atoms. The van der Waals surface area contributed by atoms with E-state index in [0.29, 0.717) is 0 Å². The number of anilines is 1. The van der Waals surface area contributed by atoms with Crippen LogP contribution in [0.4, 0.5) is 10.5 Å². The molecule has 0 heterocycles. The Morgan fingerprint density at radius 3 is 2.43 bits per heavy atom. The molecule has 0 radical (unpaired) electrons. The summed E-state index contributed by atoms with van der Waals surface area (Å²) in [6.45, 7) is 5.29. The smallest absolute Gasteiger partial charge is 0.410 e. The minimum atomic E-state index is -0.586. The minimum absolute atomic E-state index is 0.0713. The summed E-state index contributed by atoms with van der Waals surface area (Å²) in [6, 6.07) is 13.5. The first-order valence-electron chi connectivity index (χ1n) is 7.48. The molecule has 2 aromatic carbocycles. The van der Waals surface area contributed by atoms with Crippen LogP contribution in [-0.2, 0) is 9.53 Å². The van der Waals surface area contributed by atoms with Gasteiger partial charge in [-0.1, -0.05) is 36.4 Å². The van der Waals surface area contributed by atoms with Gasteiger partial charge in [0, 0.05) is 18.1 Å². The quantitative estimate of drug-likeness (QED) is 0.941. The molecule has 122 valence electrons. The van der Waals surface area contributed by atoms with Crippen molar-refractivity contribution in [2.75, 3.05) is 18.9 Å². The molecule has 0 aliphatic carbocycles. The minimum Gasteiger partial charge on any atom is -0.444 e. The first-order chi connectivity index (χ1) is 10.8. The van der Waals surface area contributed by atoms with Gasteiger partial charge >= 0.3 is 6.09 Å². The highest BCUT2D eigenvalue weighted by Crippen LogP contribution is 2.22. The maximum Gasteiger partial charge on any atom is 0.410 e. The summed E-state index contributed by atoms with van der Waals surface area (Å²) < 4.78 is 5.23. The topological polar surface area (TPSA) is 58.6 Å². The predicted octanol–water partition coefficient (Wildman–Crippen LogP) is 3.65. The fourth-order valence-electron chi connectivity index (χ4n) is 2.14. The Hall–Kier alpha value is -2.56. The van der Waals surface area contributed by atoms with Gasteiger partial charge in [-0.3, -0.25) is 4.79 Å². The van der Waals surface area contributed by atoms with Crippen molar-refractivity contribution in [3.05, 3.63) is 42.5 Å². The van der Waals surface area contributed by atoms with Crippen LogP contribution in [0.3, 0.4) is 0 Å². The van der Waals surface area contributed by atoms with E-state index in [1.54, 1.807) is 20.8 Å². The summed E-state index contributed by atoms with van der Waals surface area (Å²) in [5.41, 5.74) is 0.142. The Morgan fingerprint density at radius 2 is 1.74 bits per heavy atom. The number of hydrogen-bond donors (Lipinski definition) is 1. The van der Waals surface area contributed by atoms with E-state index in [0.717, 1.165) is 16.5 Å². The van der Waals surface area contributed by atoms with Crippen LogP contribution >= 0.6 is 0 Å². The van der Waals surface area contributed by atoms with Crippen LogP contribution in [0.1, 0.15) is 20.8 Å². The second-order valence-electron chi connectivity index (χ2n) is 6.41. The van der Waals surface area contributed by atoms with Crippen molar-refractivity contribution in [1.29, 1.82) is 0 Å². The summed E-state index contributed by atoms with van der Waals surface area (Å²) in [5, 5.41) is 4.85. The lowest BCUT2D eigenvalue weighted by atomic mass is 10.1. The summed E-state index contributed by atoms with van der Waals surface area (Å²) in [4.78, 5) is 25.3. The first kappa shape index (κ1) is 16.8. The van der Waals surface area contributed by atoms with Crippen LogP contribution in [0.5, 0.6) is 0 Å². The fraction of sp³-hybridized carbons (Fsp3) is 0.333. The molecular formula is C18H22N2O3. The average Bonchev–Trinajstić information content (AvgIpc) is 2.45. The van der Waals surface area contributed by atoms with Gasteiger partial charge in [-0.05, 0) is 32.2 Å². The number of rotatable bonds is 3. The van der Waals surface area contributed by atoms with Gasteiger partial charge in [0.05, 0.1) is 0 Å². The normalized spacial score (nSPS) is 11.1. The molecule has 0 aliphatic rings. The second kappa shape index (κ2) is 6.69. The van der Waals surface area contributed by atoms with Crippen LogP contribution in [0.2, 0.25) is 0 Å². The molecule has 2 aromatic rings. The lowest BCUT2D eigenvalue weighted by molar-refractivity contribution is -0.117. The molecule has 1 N–H and O–H groups in total. The van der Waals surface area contributed by atoms with E-state index in [-0.39, 0.29) is 12.5 Å². The van der Waals surface area contributed by atoms with E-state index in [4.69, 9.17) is 4.74 Å². The van der Waals surface area contributed by atoms with E-state index >= 15 is 0 Å². The lowest BCUT2D eigenvalue weighted by Gasteiger charge is -2.24. The van der Waals surface area contributed by atoms with Crippen LogP contribution < -0.4 is 5.32 Å². The number of nitrogens with one attached hydrogen (secondary N) is 1. The highest BCUT2D eigenvalue weighted by atomic mass is 16.6. The number of fused-ring (bicyclic) bond motifs is 1. The number of ether oxygens (including phenoxy) is 1. The van der Waals surface area contributed by atoms with E-state index < -0.39 is 11.7 Å². The number of carbonyl (C=O) groups excluding carboxylic acids is 2. The van der Waals surface area contributed by atoms with Gasteiger partial charge in [-0.2, -0.15) is 0 Å². The molecule has 0 spiro atoms. The zero-order valence-electron chi connectivity index (χ0n) is 13.9. The Balaban J connectivity index is 2.03. The SMILES string of the molecule is CN(CC(=O)Nc1cccc2ccccc12)C(=O)OC(C)(C)C. The van der Waals surface area contributed by atoms with Crippen molar-refractivity contribution in [1.82, 2.24) is 4.90 Å². The third-order valence-electron chi connectivity index (χ3n) is 3.15. The van der Waals surface area contributed by atoms with Gasteiger partial charge in [-0.15, -0.1) is 0 Å². The van der Waals surface area contributed by atoms with Crippen molar-refractivity contribution in [3.8, 4) is 0 Å². The molecule has 0 saturated carbocycles. The Kier molecular flexibility index (Phi) is 4.89. The number of nitrogens with zero attached hydrogens (tertiary/aromatic N) is 1. The summed E-state index contributed by atoms with van der Waals surface area (Å²) in [7, 11) is 1.54. The van der Waals surface area contributed by atoms with Gasteiger partial charge < -0.3 is 15.0 Å². The Bertz CT molecular complexity index is 714. The van der Waals surface area contributed by atoms with Crippen molar-refractivity contribution in [3.63, 3.8) is 0 Å². The number of carbonyl (C=O) groups is 2. The lowest BCUT2D eigenvalue weighted by Crippen LogP contribution is -2.38. The third-order valence-corrected chi connectivity index (χ3v) is 3.15. The highest BCUT2D eigenvalue weighted by molar-refractivity contribution is 6.03. The van der Waals surface area contributed by atoms with Crippen molar-refractivity contribution < 1.29 is 14.3 Å². The van der Waals surface area contributed by atoms with E-state index in [9.17, 15) is 9.59 Å². The fourth-order valence-corrected chi connectivity index (χ4v) is 2.14. The van der Waals surface area contributed by atoms with Gasteiger partial charge in [0.2, 0.25) is 5.91 Å². The molecule has 0 fully saturated rings. The Labute approximate surface area is 136 Å². The second-order valence-corrected chi connectivity index (χ2v) is 6.41. The Morgan fingerprint density at radius 1 is 1.09 bits per heavy atom. The molecule has 0 atom stereocenters. The van der Waals surface area contributed by atoms with E-state index in [1.165, 1.54) is 11.9 Å². The number of amides is 2. The molecule has 0 bridgehead atoms. The predicted molar refractivity (Wildman–Crippen MR) is 91.4 cm³/mol. The van der Waals surface area contributed by atoms with Gasteiger partial charge in [-0.25, -0.2) is 4.79 Å². The standard InChI is InChI=1S/C18H22N2O3/c1-18(2,3)23-17(22)20(4)12-16(21)19-15-11-7-9-13-8-5-6-10-14(13)15/h5-11H,12H2,1-4H3,(H,19,21). The summed E-state index contributed by atoms with van der Waals surface area (Å²) >= 11 is 0. The molecule has 5 heteroatoms. The summed E-state index contributed by atoms with van der Waals surface area (Å²) in [6.07, 6.45) is -0.523. The van der Waals surface area contributed by atoms with Crippen LogP contribution in [-0.4, -0.2) is 36.1 Å². The maximum atomic E-state index is 12.2. The third kappa shape index (κ3) is 4.71. The monoisotopic (exact) mass is 314 g/mol. The van der Waals surface area contributed by atoms with Crippen molar-refractivity contribution >= 4 is 28.5 Å². The molecule has 0 aliphatic heterocycles. The van der Waals surface area contributed by atoms with Crippen LogP contribution in [0.25, 0.3) is 10.8 Å². The zero-order valence-corrected chi connectivity index (χ0v) is 13.9. The largest absolute Gasteiger partial charge is 0.444 e. The number of likely N-dealkylation sites (N-methyl/N-ethyl adjacent to an activating group) is 1. The highest BCUT2D eigenvalue weighted by Gasteiger charge is 2.21. The van der Waals surface area contributed by atoms with Crippen molar-refractivity contribution in [2.45, 2.75) is 26.4 Å². The molecule has 0 saturated heterocycles. The van der Waals surface area contributed by atoms with Crippen LogP contribution in [0.15, 0.2) is 42.5 Å². The number of hydrogen-bond acceptors (Lipinski definition) is 3. The van der Waals surface area contributed by atoms with Crippen LogP contribution in [0, 0.1) is 0 Å². The van der Waals surface area contributed by atoms with Gasteiger partial charge in [0.1, 0.15) is 12.1 Å². The molecular weight excluding hydrogens is 292 g/mol. The molecule has 0 unspecified atom stereocenters. The zero-order chi connectivity index (χ0) is 17.0.